The Morgan fingerprint density at radius 2 is 2.38 bits per heavy atom. The predicted octanol–water partition coefficient (Wildman–Crippen LogP) is 2.21. The Balaban J connectivity index is 2.52. The Hall–Kier alpha value is -0.940. The molecule has 0 saturated carbocycles. The van der Waals surface area contributed by atoms with Gasteiger partial charge >= 0.3 is 5.97 Å². The van der Waals surface area contributed by atoms with Crippen molar-refractivity contribution < 1.29 is 13.9 Å². The van der Waals surface area contributed by atoms with Gasteiger partial charge < -0.3 is 14.9 Å². The van der Waals surface area contributed by atoms with Gasteiger partial charge in [-0.15, -0.1) is 0 Å². The van der Waals surface area contributed by atoms with Crippen molar-refractivity contribution in [3.8, 4) is 0 Å². The second-order valence-corrected chi connectivity index (χ2v) is 4.80. The highest BCUT2D eigenvalue weighted by Crippen LogP contribution is 2.29. The van der Waals surface area contributed by atoms with E-state index < -0.39 is 5.97 Å². The molecule has 0 aliphatic heterocycles. The van der Waals surface area contributed by atoms with E-state index in [1.165, 1.54) is 7.11 Å². The molecule has 90 valence electrons. The van der Waals surface area contributed by atoms with E-state index in [4.69, 9.17) is 10.2 Å². The molecule has 1 unspecified atom stereocenters. The van der Waals surface area contributed by atoms with Gasteiger partial charge in [0.1, 0.15) is 5.76 Å². The summed E-state index contributed by atoms with van der Waals surface area (Å²) < 4.78 is 9.97. The third kappa shape index (κ3) is 3.57. The molecule has 0 aromatic carbocycles. The first kappa shape index (κ1) is 13.1. The van der Waals surface area contributed by atoms with Gasteiger partial charge in [-0.3, -0.25) is 0 Å². The minimum absolute atomic E-state index is 0.227. The highest BCUT2D eigenvalue weighted by atomic mass is 32.2. The summed E-state index contributed by atoms with van der Waals surface area (Å²) in [5.74, 6) is 1.60. The lowest BCUT2D eigenvalue weighted by Gasteiger charge is -2.07. The fraction of sp³-hybridized carbons (Fsp3) is 0.545. The molecule has 1 rings (SSSR count). The topological polar surface area (TPSA) is 65.5 Å². The lowest BCUT2D eigenvalue weighted by molar-refractivity contribution is 0.0563. The molecule has 2 N–H and O–H groups in total. The first-order chi connectivity index (χ1) is 7.69. The average molecular weight is 243 g/mol. The van der Waals surface area contributed by atoms with Crippen LogP contribution in [0.4, 0.5) is 0 Å². The summed E-state index contributed by atoms with van der Waals surface area (Å²) in [4.78, 5) is 11.2. The van der Waals surface area contributed by atoms with Crippen LogP contribution in [0.1, 0.15) is 34.9 Å². The summed E-state index contributed by atoms with van der Waals surface area (Å²) in [6.07, 6.45) is 0.986. The molecule has 0 bridgehead atoms. The minimum atomic E-state index is -0.439. The van der Waals surface area contributed by atoms with Gasteiger partial charge in [0.15, 0.2) is 0 Å². The number of nitrogens with two attached hydrogens (primary N) is 1. The quantitative estimate of drug-likeness (QED) is 0.613. The highest BCUT2D eigenvalue weighted by molar-refractivity contribution is 7.99. The van der Waals surface area contributed by atoms with E-state index in [-0.39, 0.29) is 11.0 Å². The molecule has 0 spiro atoms. The second-order valence-electron chi connectivity index (χ2n) is 3.35. The lowest BCUT2D eigenvalue weighted by atomic mass is 10.3. The lowest BCUT2D eigenvalue weighted by Crippen LogP contribution is -2.00. The van der Waals surface area contributed by atoms with Crippen molar-refractivity contribution in [2.75, 3.05) is 19.4 Å². The average Bonchev–Trinajstić information content (AvgIpc) is 2.77. The Kier molecular flexibility index (Phi) is 5.42. The molecule has 1 heterocycles. The Morgan fingerprint density at radius 1 is 1.62 bits per heavy atom. The number of carbonyl (C=O) groups excluding carboxylic acids is 1. The molecule has 0 fully saturated rings. The zero-order valence-corrected chi connectivity index (χ0v) is 10.4. The number of furan rings is 1. The van der Waals surface area contributed by atoms with Gasteiger partial charge in [-0.25, -0.2) is 4.79 Å². The normalized spacial score (nSPS) is 12.4. The first-order valence-electron chi connectivity index (χ1n) is 5.18. The third-order valence-corrected chi connectivity index (χ3v) is 3.39. The molecular weight excluding hydrogens is 226 g/mol. The first-order valence-corrected chi connectivity index (χ1v) is 6.23. The number of thioether (sulfide) groups is 1. The van der Waals surface area contributed by atoms with Crippen molar-refractivity contribution in [1.29, 1.82) is 0 Å². The van der Waals surface area contributed by atoms with Crippen molar-refractivity contribution in [3.63, 3.8) is 0 Å². The predicted molar refractivity (Wildman–Crippen MR) is 64.6 cm³/mol. The summed E-state index contributed by atoms with van der Waals surface area (Å²) in [7, 11) is 1.34. The standard InChI is InChI=1S/C11H17NO3S/c1-8(16-7-3-6-12)9-4-5-10(15-9)11(13)14-2/h4-5,8H,3,6-7,12H2,1-2H3. The molecule has 0 radical (unpaired) electrons. The van der Waals surface area contributed by atoms with Crippen LogP contribution in [0.25, 0.3) is 0 Å². The summed E-state index contributed by atoms with van der Waals surface area (Å²) in [6, 6.07) is 3.45. The highest BCUT2D eigenvalue weighted by Gasteiger charge is 2.15. The van der Waals surface area contributed by atoms with Crippen LogP contribution in [-0.4, -0.2) is 25.4 Å². The van der Waals surface area contributed by atoms with Gasteiger partial charge in [-0.1, -0.05) is 0 Å². The van der Waals surface area contributed by atoms with E-state index in [2.05, 4.69) is 4.74 Å². The zero-order valence-electron chi connectivity index (χ0n) is 9.56. The van der Waals surface area contributed by atoms with Crippen LogP contribution < -0.4 is 5.73 Å². The molecule has 0 aliphatic rings. The second kappa shape index (κ2) is 6.60. The van der Waals surface area contributed by atoms with Crippen LogP contribution in [-0.2, 0) is 4.74 Å². The number of ether oxygens (including phenoxy) is 1. The van der Waals surface area contributed by atoms with E-state index >= 15 is 0 Å². The number of hydrogen-bond donors (Lipinski definition) is 1. The smallest absolute Gasteiger partial charge is 0.373 e. The van der Waals surface area contributed by atoms with Gasteiger partial charge in [-0.05, 0) is 37.8 Å². The number of esters is 1. The Bertz CT molecular complexity index is 338. The summed E-state index contributed by atoms with van der Waals surface area (Å²) >= 11 is 1.76. The van der Waals surface area contributed by atoms with Crippen LogP contribution in [0.3, 0.4) is 0 Å². The van der Waals surface area contributed by atoms with Crippen molar-refractivity contribution in [2.24, 2.45) is 5.73 Å². The fourth-order valence-electron chi connectivity index (χ4n) is 1.21. The van der Waals surface area contributed by atoms with Gasteiger partial charge in [-0.2, -0.15) is 11.8 Å². The number of rotatable bonds is 6. The molecule has 5 heteroatoms. The monoisotopic (exact) mass is 243 g/mol. The molecule has 16 heavy (non-hydrogen) atoms. The van der Waals surface area contributed by atoms with Crippen LogP contribution in [0.15, 0.2) is 16.5 Å². The van der Waals surface area contributed by atoms with Crippen LogP contribution in [0.5, 0.6) is 0 Å². The largest absolute Gasteiger partial charge is 0.463 e. The molecular formula is C11H17NO3S. The third-order valence-electron chi connectivity index (χ3n) is 2.13. The van der Waals surface area contributed by atoms with Crippen molar-refractivity contribution in [3.05, 3.63) is 23.7 Å². The molecule has 4 nitrogen and oxygen atoms in total. The Morgan fingerprint density at radius 3 is 3.00 bits per heavy atom. The zero-order chi connectivity index (χ0) is 12.0. The molecule has 0 saturated heterocycles. The molecule has 1 aromatic rings. The van der Waals surface area contributed by atoms with Crippen LogP contribution in [0.2, 0.25) is 0 Å². The van der Waals surface area contributed by atoms with E-state index in [9.17, 15) is 4.79 Å². The SMILES string of the molecule is COC(=O)c1ccc(C(C)SCCCN)o1. The van der Waals surface area contributed by atoms with Gasteiger partial charge in [0.25, 0.3) is 0 Å². The maximum atomic E-state index is 11.2. The van der Waals surface area contributed by atoms with Crippen molar-refractivity contribution in [2.45, 2.75) is 18.6 Å². The molecule has 1 atom stereocenters. The van der Waals surface area contributed by atoms with Crippen LogP contribution >= 0.6 is 11.8 Å². The van der Waals surface area contributed by atoms with Crippen molar-refractivity contribution >= 4 is 17.7 Å². The molecule has 0 amide bonds. The van der Waals surface area contributed by atoms with Crippen molar-refractivity contribution in [1.82, 2.24) is 0 Å². The summed E-state index contributed by atoms with van der Waals surface area (Å²) in [6.45, 7) is 2.74. The van der Waals surface area contributed by atoms with E-state index in [0.29, 0.717) is 6.54 Å². The van der Waals surface area contributed by atoms with Gasteiger partial charge in [0.2, 0.25) is 5.76 Å². The van der Waals surface area contributed by atoms with E-state index in [1.807, 2.05) is 13.0 Å². The van der Waals surface area contributed by atoms with E-state index in [0.717, 1.165) is 17.9 Å². The van der Waals surface area contributed by atoms with Gasteiger partial charge in [0, 0.05) is 0 Å². The number of methoxy groups -OCH3 is 1. The van der Waals surface area contributed by atoms with E-state index in [1.54, 1.807) is 17.8 Å². The van der Waals surface area contributed by atoms with Crippen LogP contribution in [0, 0.1) is 0 Å². The fourth-order valence-corrected chi connectivity index (χ4v) is 2.19. The number of carbonyl (C=O) groups is 1. The Labute approximate surface area is 99.5 Å². The summed E-state index contributed by atoms with van der Waals surface area (Å²) in [5.41, 5.74) is 5.42. The minimum Gasteiger partial charge on any atom is -0.463 e. The molecule has 1 aromatic heterocycles. The molecule has 0 aliphatic carbocycles. The summed E-state index contributed by atoms with van der Waals surface area (Å²) in [5, 5.41) is 0.227. The maximum Gasteiger partial charge on any atom is 0.373 e. The van der Waals surface area contributed by atoms with Gasteiger partial charge in [0.05, 0.1) is 12.4 Å². The number of hydrogen-bond acceptors (Lipinski definition) is 5. The maximum absolute atomic E-state index is 11.2.